The Kier molecular flexibility index (Phi) is 5.24. The zero-order valence-corrected chi connectivity index (χ0v) is 14.1. The number of nitrogens with zero attached hydrogens (tertiary/aromatic N) is 2. The van der Waals surface area contributed by atoms with Gasteiger partial charge in [-0.1, -0.05) is 18.2 Å². The molecule has 0 aliphatic carbocycles. The fourth-order valence-corrected chi connectivity index (χ4v) is 2.44. The number of ether oxygens (including phenoxy) is 1. The molecule has 0 aromatic heterocycles. The smallest absolute Gasteiger partial charge is 0.255 e. The van der Waals surface area contributed by atoms with Crippen molar-refractivity contribution in [3.05, 3.63) is 89.3 Å². The standard InChI is InChI=1S/C20H17N3O3/c1-26-19-13-7-15(8-14-19)20(24)21-16-9-11-18(12-10-16)23(22-25)17-5-3-2-4-6-17/h2-14H,1H3,(H,21,24). The van der Waals surface area contributed by atoms with Gasteiger partial charge in [0.2, 0.25) is 0 Å². The number of carbonyl (C=O) groups excluding carboxylic acids is 1. The molecule has 6 heteroatoms. The van der Waals surface area contributed by atoms with E-state index in [1.54, 1.807) is 67.8 Å². The maximum Gasteiger partial charge on any atom is 0.255 e. The van der Waals surface area contributed by atoms with Crippen LogP contribution in [-0.4, -0.2) is 13.0 Å². The van der Waals surface area contributed by atoms with E-state index < -0.39 is 0 Å². The van der Waals surface area contributed by atoms with Crippen LogP contribution in [0.2, 0.25) is 0 Å². The van der Waals surface area contributed by atoms with E-state index >= 15 is 0 Å². The molecule has 0 aliphatic rings. The monoisotopic (exact) mass is 347 g/mol. The minimum Gasteiger partial charge on any atom is -0.497 e. The first-order valence-corrected chi connectivity index (χ1v) is 7.95. The topological polar surface area (TPSA) is 71.0 Å². The number of hydrogen-bond donors (Lipinski definition) is 1. The zero-order chi connectivity index (χ0) is 18.4. The Morgan fingerprint density at radius 3 is 2.08 bits per heavy atom. The highest BCUT2D eigenvalue weighted by Crippen LogP contribution is 2.26. The van der Waals surface area contributed by atoms with Gasteiger partial charge < -0.3 is 10.1 Å². The van der Waals surface area contributed by atoms with Crippen molar-refractivity contribution in [3.63, 3.8) is 0 Å². The Labute approximate surface area is 151 Å². The highest BCUT2D eigenvalue weighted by molar-refractivity contribution is 6.04. The third-order valence-corrected chi connectivity index (χ3v) is 3.80. The average Bonchev–Trinajstić information content (AvgIpc) is 2.70. The first-order chi connectivity index (χ1) is 12.7. The molecule has 0 saturated carbocycles. The highest BCUT2D eigenvalue weighted by Gasteiger charge is 2.10. The van der Waals surface area contributed by atoms with Crippen molar-refractivity contribution < 1.29 is 9.53 Å². The second-order valence-corrected chi connectivity index (χ2v) is 5.46. The lowest BCUT2D eigenvalue weighted by Crippen LogP contribution is -2.12. The molecule has 0 aliphatic heterocycles. The summed E-state index contributed by atoms with van der Waals surface area (Å²) in [5.74, 6) is 0.460. The minimum absolute atomic E-state index is 0.228. The fraction of sp³-hybridized carbons (Fsp3) is 0.0500. The highest BCUT2D eigenvalue weighted by atomic mass is 16.5. The molecule has 1 amide bonds. The van der Waals surface area contributed by atoms with Gasteiger partial charge in [-0.15, -0.1) is 4.91 Å². The number of nitroso groups, excluding NO2 is 1. The summed E-state index contributed by atoms with van der Waals surface area (Å²) in [6, 6.07) is 22.8. The van der Waals surface area contributed by atoms with Crippen molar-refractivity contribution in [2.24, 2.45) is 5.29 Å². The molecule has 130 valence electrons. The van der Waals surface area contributed by atoms with Crippen molar-refractivity contribution in [3.8, 4) is 5.75 Å². The summed E-state index contributed by atoms with van der Waals surface area (Å²) in [6.45, 7) is 0. The molecule has 3 aromatic rings. The maximum absolute atomic E-state index is 12.3. The van der Waals surface area contributed by atoms with Crippen LogP contribution in [0.3, 0.4) is 0 Å². The zero-order valence-electron chi connectivity index (χ0n) is 14.1. The number of carbonyl (C=O) groups is 1. The van der Waals surface area contributed by atoms with Gasteiger partial charge in [-0.05, 0) is 60.7 Å². The number of amides is 1. The Morgan fingerprint density at radius 2 is 1.50 bits per heavy atom. The van der Waals surface area contributed by atoms with Gasteiger partial charge in [-0.2, -0.15) is 5.01 Å². The van der Waals surface area contributed by atoms with Crippen LogP contribution >= 0.6 is 0 Å². The molecular weight excluding hydrogens is 330 g/mol. The van der Waals surface area contributed by atoms with E-state index in [0.717, 1.165) is 0 Å². The SMILES string of the molecule is COc1ccc(C(=O)Nc2ccc(N(N=O)c3ccccc3)cc2)cc1. The molecule has 0 spiro atoms. The van der Waals surface area contributed by atoms with Crippen LogP contribution in [0.5, 0.6) is 5.75 Å². The summed E-state index contributed by atoms with van der Waals surface area (Å²) in [5.41, 5.74) is 2.41. The van der Waals surface area contributed by atoms with Crippen molar-refractivity contribution in [2.75, 3.05) is 17.4 Å². The number of hydrogen-bond acceptors (Lipinski definition) is 4. The molecule has 0 atom stereocenters. The Morgan fingerprint density at radius 1 is 0.885 bits per heavy atom. The summed E-state index contributed by atoms with van der Waals surface area (Å²) in [5, 5.41) is 7.17. The van der Waals surface area contributed by atoms with Crippen LogP contribution in [0.25, 0.3) is 0 Å². The third-order valence-electron chi connectivity index (χ3n) is 3.80. The van der Waals surface area contributed by atoms with Crippen LogP contribution in [0, 0.1) is 4.91 Å². The van der Waals surface area contributed by atoms with E-state index in [1.807, 2.05) is 18.2 Å². The van der Waals surface area contributed by atoms with Crippen molar-refractivity contribution in [2.45, 2.75) is 0 Å². The molecular formula is C20H17N3O3. The van der Waals surface area contributed by atoms with E-state index in [2.05, 4.69) is 10.6 Å². The second kappa shape index (κ2) is 7.94. The summed E-state index contributed by atoms with van der Waals surface area (Å²) >= 11 is 0. The summed E-state index contributed by atoms with van der Waals surface area (Å²) < 4.78 is 5.08. The molecule has 0 radical (unpaired) electrons. The Bertz CT molecular complexity index is 878. The number of benzene rings is 3. The number of nitrogens with one attached hydrogen (secondary N) is 1. The quantitative estimate of drug-likeness (QED) is 0.515. The van der Waals surface area contributed by atoms with Crippen LogP contribution in [0.15, 0.2) is 84.1 Å². The third kappa shape index (κ3) is 3.87. The van der Waals surface area contributed by atoms with Gasteiger partial charge >= 0.3 is 0 Å². The number of anilines is 3. The van der Waals surface area contributed by atoms with Gasteiger partial charge in [0, 0.05) is 11.3 Å². The molecule has 0 bridgehead atoms. The molecule has 26 heavy (non-hydrogen) atoms. The predicted molar refractivity (Wildman–Crippen MR) is 102 cm³/mol. The van der Waals surface area contributed by atoms with E-state index in [9.17, 15) is 9.70 Å². The molecule has 0 fully saturated rings. The largest absolute Gasteiger partial charge is 0.497 e. The predicted octanol–water partition coefficient (Wildman–Crippen LogP) is 4.77. The van der Waals surface area contributed by atoms with Crippen LogP contribution in [0.4, 0.5) is 17.1 Å². The molecule has 0 heterocycles. The van der Waals surface area contributed by atoms with Crippen LogP contribution < -0.4 is 15.1 Å². The molecule has 3 rings (SSSR count). The number of rotatable bonds is 6. The Hall–Kier alpha value is -3.67. The van der Waals surface area contributed by atoms with E-state index in [4.69, 9.17) is 4.74 Å². The van der Waals surface area contributed by atoms with E-state index in [1.165, 1.54) is 5.01 Å². The summed E-state index contributed by atoms with van der Waals surface area (Å²) in [6.07, 6.45) is 0. The number of methoxy groups -OCH3 is 1. The first-order valence-electron chi connectivity index (χ1n) is 7.95. The summed E-state index contributed by atoms with van der Waals surface area (Å²) in [7, 11) is 1.57. The minimum atomic E-state index is -0.228. The van der Waals surface area contributed by atoms with Gasteiger partial charge in [0.25, 0.3) is 5.91 Å². The van der Waals surface area contributed by atoms with Gasteiger partial charge in [0.1, 0.15) is 5.75 Å². The molecule has 1 N–H and O–H groups in total. The van der Waals surface area contributed by atoms with Gasteiger partial charge in [0.05, 0.1) is 23.8 Å². The Balaban J connectivity index is 1.72. The lowest BCUT2D eigenvalue weighted by Gasteiger charge is -2.15. The van der Waals surface area contributed by atoms with Gasteiger partial charge in [-0.25, -0.2) is 0 Å². The molecule has 3 aromatic carbocycles. The molecule has 6 nitrogen and oxygen atoms in total. The van der Waals surface area contributed by atoms with Crippen molar-refractivity contribution in [1.82, 2.24) is 0 Å². The first kappa shape index (κ1) is 17.2. The maximum atomic E-state index is 12.3. The molecule has 0 saturated heterocycles. The lowest BCUT2D eigenvalue weighted by molar-refractivity contribution is 0.102. The van der Waals surface area contributed by atoms with Crippen LogP contribution in [-0.2, 0) is 0 Å². The normalized spacial score (nSPS) is 10.0. The van der Waals surface area contributed by atoms with E-state index in [0.29, 0.717) is 28.4 Å². The average molecular weight is 347 g/mol. The van der Waals surface area contributed by atoms with E-state index in [-0.39, 0.29) is 5.91 Å². The van der Waals surface area contributed by atoms with Gasteiger partial charge in [0.15, 0.2) is 0 Å². The fourth-order valence-electron chi connectivity index (χ4n) is 2.44. The molecule has 0 unspecified atom stereocenters. The lowest BCUT2D eigenvalue weighted by atomic mass is 10.2. The number of para-hydroxylation sites is 1. The summed E-state index contributed by atoms with van der Waals surface area (Å²) in [4.78, 5) is 23.5. The van der Waals surface area contributed by atoms with Crippen molar-refractivity contribution in [1.29, 1.82) is 0 Å². The van der Waals surface area contributed by atoms with Crippen LogP contribution in [0.1, 0.15) is 10.4 Å². The van der Waals surface area contributed by atoms with Crippen molar-refractivity contribution >= 4 is 23.0 Å². The second-order valence-electron chi connectivity index (χ2n) is 5.46. The van der Waals surface area contributed by atoms with Gasteiger partial charge in [-0.3, -0.25) is 4.79 Å².